The van der Waals surface area contributed by atoms with E-state index in [-0.39, 0.29) is 0 Å². The second-order valence-corrected chi connectivity index (χ2v) is 8.36. The summed E-state index contributed by atoms with van der Waals surface area (Å²) >= 11 is 6.33. The van der Waals surface area contributed by atoms with Gasteiger partial charge in [-0.3, -0.25) is 0 Å². The average molecular weight is 417 g/mol. The van der Waals surface area contributed by atoms with Crippen molar-refractivity contribution in [1.82, 2.24) is 15.1 Å². The maximum Gasteiger partial charge on any atom is 0.0991 e. The average Bonchev–Trinajstić information content (AvgIpc) is 3.32. The van der Waals surface area contributed by atoms with E-state index in [2.05, 4.69) is 49.5 Å². The number of hydrogen-bond acceptors (Lipinski definition) is 3. The van der Waals surface area contributed by atoms with Gasteiger partial charge in [-0.1, -0.05) is 42.0 Å². The van der Waals surface area contributed by atoms with Crippen LogP contribution < -0.4 is 5.32 Å². The third kappa shape index (κ3) is 4.05. The first-order valence-corrected chi connectivity index (χ1v) is 10.6. The van der Waals surface area contributed by atoms with Crippen LogP contribution in [0, 0.1) is 32.1 Å². The first-order valence-electron chi connectivity index (χ1n) is 10.2. The smallest absolute Gasteiger partial charge is 0.0991 e. The molecule has 1 heterocycles. The molecule has 30 heavy (non-hydrogen) atoms. The number of allylic oxidation sites excluding steroid dienone is 1. The molecular weight excluding hydrogens is 392 g/mol. The van der Waals surface area contributed by atoms with Gasteiger partial charge in [-0.2, -0.15) is 10.4 Å². The lowest BCUT2D eigenvalue weighted by Gasteiger charge is -2.15. The fourth-order valence-electron chi connectivity index (χ4n) is 4.22. The van der Waals surface area contributed by atoms with Crippen LogP contribution in [0.15, 0.2) is 54.6 Å². The summed E-state index contributed by atoms with van der Waals surface area (Å²) in [6, 6.07) is 16.3. The molecule has 2 aromatic carbocycles. The van der Waals surface area contributed by atoms with Gasteiger partial charge in [0.15, 0.2) is 0 Å². The molecule has 0 saturated heterocycles. The van der Waals surface area contributed by atoms with E-state index >= 15 is 0 Å². The Morgan fingerprint density at radius 1 is 1.17 bits per heavy atom. The predicted molar refractivity (Wildman–Crippen MR) is 121 cm³/mol. The van der Waals surface area contributed by atoms with Gasteiger partial charge in [0.1, 0.15) is 0 Å². The van der Waals surface area contributed by atoms with Crippen molar-refractivity contribution >= 4 is 11.6 Å². The monoisotopic (exact) mass is 416 g/mol. The number of rotatable bonds is 5. The van der Waals surface area contributed by atoms with E-state index in [1.54, 1.807) is 0 Å². The maximum absolute atomic E-state index is 9.07. The summed E-state index contributed by atoms with van der Waals surface area (Å²) in [7, 11) is 0. The SMILES string of the molecule is Cc1ccc(-n2nc(C)c([C@H]3C=C[C@@H](NCc4cccc(C#N)c4)C3)c2C)cc1Cl. The number of halogens is 1. The van der Waals surface area contributed by atoms with Gasteiger partial charge in [-0.25, -0.2) is 4.68 Å². The molecule has 0 aliphatic heterocycles. The molecule has 5 heteroatoms. The van der Waals surface area contributed by atoms with Crippen LogP contribution in [0.2, 0.25) is 5.02 Å². The van der Waals surface area contributed by atoms with Crippen LogP contribution in [0.1, 0.15) is 46.0 Å². The number of hydrogen-bond donors (Lipinski definition) is 1. The number of benzene rings is 2. The van der Waals surface area contributed by atoms with Crippen molar-refractivity contribution in [2.24, 2.45) is 0 Å². The molecular formula is C25H25ClN4. The number of nitrogens with zero attached hydrogens (tertiary/aromatic N) is 3. The third-order valence-electron chi connectivity index (χ3n) is 5.83. The van der Waals surface area contributed by atoms with Crippen molar-refractivity contribution in [3.05, 3.63) is 93.3 Å². The highest BCUT2D eigenvalue weighted by molar-refractivity contribution is 6.31. The fourth-order valence-corrected chi connectivity index (χ4v) is 4.40. The van der Waals surface area contributed by atoms with Crippen molar-refractivity contribution in [1.29, 1.82) is 5.26 Å². The molecule has 3 aromatic rings. The molecule has 0 saturated carbocycles. The highest BCUT2D eigenvalue weighted by atomic mass is 35.5. The van der Waals surface area contributed by atoms with Crippen LogP contribution in [0.5, 0.6) is 0 Å². The Morgan fingerprint density at radius 2 is 2.00 bits per heavy atom. The lowest BCUT2D eigenvalue weighted by Crippen LogP contribution is -2.25. The van der Waals surface area contributed by atoms with Crippen LogP contribution in [0.25, 0.3) is 5.69 Å². The quantitative estimate of drug-likeness (QED) is 0.557. The molecule has 1 N–H and O–H groups in total. The van der Waals surface area contributed by atoms with E-state index in [4.69, 9.17) is 22.0 Å². The molecule has 0 amide bonds. The van der Waals surface area contributed by atoms with E-state index in [0.717, 1.165) is 46.2 Å². The van der Waals surface area contributed by atoms with Crippen LogP contribution in [0.3, 0.4) is 0 Å². The highest BCUT2D eigenvalue weighted by Gasteiger charge is 2.26. The van der Waals surface area contributed by atoms with Crippen molar-refractivity contribution in [2.75, 3.05) is 0 Å². The van der Waals surface area contributed by atoms with E-state index < -0.39 is 0 Å². The summed E-state index contributed by atoms with van der Waals surface area (Å²) < 4.78 is 2.00. The van der Waals surface area contributed by atoms with Gasteiger partial charge in [-0.15, -0.1) is 0 Å². The van der Waals surface area contributed by atoms with Gasteiger partial charge < -0.3 is 5.32 Å². The summed E-state index contributed by atoms with van der Waals surface area (Å²) in [4.78, 5) is 0. The Kier molecular flexibility index (Phi) is 5.76. The minimum atomic E-state index is 0.303. The first kappa shape index (κ1) is 20.4. The van der Waals surface area contributed by atoms with E-state index in [0.29, 0.717) is 17.5 Å². The molecule has 0 bridgehead atoms. The second kappa shape index (κ2) is 8.47. The van der Waals surface area contributed by atoms with Crippen LogP contribution in [-0.4, -0.2) is 15.8 Å². The van der Waals surface area contributed by atoms with Gasteiger partial charge in [0.05, 0.1) is 23.0 Å². The number of nitriles is 1. The molecule has 0 spiro atoms. The zero-order chi connectivity index (χ0) is 21.3. The molecule has 0 radical (unpaired) electrons. The Bertz CT molecular complexity index is 1150. The summed E-state index contributed by atoms with van der Waals surface area (Å²) in [5.74, 6) is 0.336. The van der Waals surface area contributed by atoms with Gasteiger partial charge in [0.25, 0.3) is 0 Å². The Balaban J connectivity index is 1.48. The van der Waals surface area contributed by atoms with Gasteiger partial charge in [0, 0.05) is 34.8 Å². The largest absolute Gasteiger partial charge is 0.306 e. The first-order chi connectivity index (χ1) is 14.5. The molecule has 0 unspecified atom stereocenters. The third-order valence-corrected chi connectivity index (χ3v) is 6.23. The van der Waals surface area contributed by atoms with Gasteiger partial charge >= 0.3 is 0 Å². The normalized spacial score (nSPS) is 18.0. The van der Waals surface area contributed by atoms with E-state index in [1.807, 2.05) is 41.9 Å². The van der Waals surface area contributed by atoms with Crippen molar-refractivity contribution in [3.63, 3.8) is 0 Å². The summed E-state index contributed by atoms with van der Waals surface area (Å²) in [5, 5.41) is 18.2. The summed E-state index contributed by atoms with van der Waals surface area (Å²) in [5.41, 5.74) is 7.39. The molecule has 1 aromatic heterocycles. The molecule has 1 aliphatic carbocycles. The minimum absolute atomic E-state index is 0.303. The Morgan fingerprint density at radius 3 is 2.77 bits per heavy atom. The molecule has 1 aliphatic rings. The number of aryl methyl sites for hydroxylation is 2. The van der Waals surface area contributed by atoms with E-state index in [9.17, 15) is 0 Å². The number of nitrogens with one attached hydrogen (secondary N) is 1. The Labute approximate surface area is 182 Å². The predicted octanol–water partition coefficient (Wildman–Crippen LogP) is 5.52. The Hall–Kier alpha value is -2.87. The lowest BCUT2D eigenvalue weighted by atomic mass is 9.96. The zero-order valence-corrected chi connectivity index (χ0v) is 18.2. The zero-order valence-electron chi connectivity index (χ0n) is 17.5. The second-order valence-electron chi connectivity index (χ2n) is 7.96. The van der Waals surface area contributed by atoms with Gasteiger partial charge in [-0.05, 0) is 62.6 Å². The van der Waals surface area contributed by atoms with Gasteiger partial charge in [0.2, 0.25) is 0 Å². The molecule has 152 valence electrons. The standard InChI is InChI=1S/C25H25ClN4/c1-16-7-10-23(13-24(16)26)30-18(3)25(17(2)29-30)21-8-9-22(12-21)28-15-20-6-4-5-19(11-20)14-27/h4-11,13,21-22,28H,12,15H2,1-3H3/t21-,22+/m0/s1. The summed E-state index contributed by atoms with van der Waals surface area (Å²) in [6.45, 7) is 6.96. The molecule has 4 nitrogen and oxygen atoms in total. The molecule has 0 fully saturated rings. The molecule has 2 atom stereocenters. The topological polar surface area (TPSA) is 53.6 Å². The fraction of sp³-hybridized carbons (Fsp3) is 0.280. The maximum atomic E-state index is 9.07. The van der Waals surface area contributed by atoms with Crippen molar-refractivity contribution < 1.29 is 0 Å². The molecule has 4 rings (SSSR count). The van der Waals surface area contributed by atoms with Crippen molar-refractivity contribution in [3.8, 4) is 11.8 Å². The van der Waals surface area contributed by atoms with Crippen LogP contribution >= 0.6 is 11.6 Å². The summed E-state index contributed by atoms with van der Waals surface area (Å²) in [6.07, 6.45) is 5.53. The van der Waals surface area contributed by atoms with Crippen LogP contribution in [0.4, 0.5) is 0 Å². The number of aromatic nitrogens is 2. The lowest BCUT2D eigenvalue weighted by molar-refractivity contribution is 0.559. The highest BCUT2D eigenvalue weighted by Crippen LogP contribution is 2.34. The minimum Gasteiger partial charge on any atom is -0.306 e. The van der Waals surface area contributed by atoms with Crippen LogP contribution in [-0.2, 0) is 6.54 Å². The van der Waals surface area contributed by atoms with Crippen molar-refractivity contribution in [2.45, 2.75) is 45.7 Å². The van der Waals surface area contributed by atoms with E-state index in [1.165, 1.54) is 5.56 Å².